The standard InChI is InChI=1S/C24H27NO8/c1-15(26)25-20-22(29-14-19(27)28)21-18(13-31-23(33-21)17-10-6-3-7-11-17)32-24(20)30-12-16-8-4-2-5-9-16/h2-11,18,20-24H,12-14H2,1H3,(H,25,26)(H,27,28)/t18?,20-,21+,22?,23?,24-/m0/s1. The summed E-state index contributed by atoms with van der Waals surface area (Å²) in [5.41, 5.74) is 1.74. The maximum absolute atomic E-state index is 12.0. The molecule has 4 rings (SSSR count). The molecule has 0 radical (unpaired) electrons. The zero-order chi connectivity index (χ0) is 23.2. The topological polar surface area (TPSA) is 113 Å². The van der Waals surface area contributed by atoms with E-state index in [9.17, 15) is 14.7 Å². The van der Waals surface area contributed by atoms with Gasteiger partial charge in [-0.05, 0) is 5.56 Å². The number of fused-ring (bicyclic) bond motifs is 1. The second kappa shape index (κ2) is 10.9. The Balaban J connectivity index is 1.56. The van der Waals surface area contributed by atoms with E-state index in [0.29, 0.717) is 0 Å². The van der Waals surface area contributed by atoms with E-state index in [2.05, 4.69) is 5.32 Å². The largest absolute Gasteiger partial charge is 0.480 e. The third kappa shape index (κ3) is 5.95. The van der Waals surface area contributed by atoms with E-state index in [0.717, 1.165) is 11.1 Å². The number of aliphatic carboxylic acids is 1. The fourth-order valence-electron chi connectivity index (χ4n) is 4.00. The number of carboxylic acid groups (broad SMARTS) is 1. The van der Waals surface area contributed by atoms with Crippen LogP contribution in [0.2, 0.25) is 0 Å². The summed E-state index contributed by atoms with van der Waals surface area (Å²) in [5, 5.41) is 12.0. The van der Waals surface area contributed by atoms with Crippen LogP contribution in [0.1, 0.15) is 24.3 Å². The average molecular weight is 457 g/mol. The molecule has 0 bridgehead atoms. The lowest BCUT2D eigenvalue weighted by Crippen LogP contribution is -2.67. The van der Waals surface area contributed by atoms with E-state index in [1.54, 1.807) is 0 Å². The molecule has 33 heavy (non-hydrogen) atoms. The molecule has 6 atom stereocenters. The van der Waals surface area contributed by atoms with Gasteiger partial charge in [-0.1, -0.05) is 60.7 Å². The van der Waals surface area contributed by atoms with Crippen molar-refractivity contribution < 1.29 is 38.4 Å². The normalized spacial score (nSPS) is 29.1. The van der Waals surface area contributed by atoms with E-state index in [4.69, 9.17) is 23.7 Å². The molecule has 1 amide bonds. The van der Waals surface area contributed by atoms with Crippen LogP contribution in [0.3, 0.4) is 0 Å². The maximum atomic E-state index is 12.0. The lowest BCUT2D eigenvalue weighted by Gasteiger charge is -2.49. The summed E-state index contributed by atoms with van der Waals surface area (Å²) in [4.78, 5) is 23.3. The first-order chi connectivity index (χ1) is 16.0. The Hall–Kier alpha value is -2.82. The van der Waals surface area contributed by atoms with Crippen LogP contribution in [0.5, 0.6) is 0 Å². The highest BCUT2D eigenvalue weighted by Crippen LogP contribution is 2.35. The Morgan fingerprint density at radius 3 is 2.39 bits per heavy atom. The fraction of sp³-hybridized carbons (Fsp3) is 0.417. The fourth-order valence-corrected chi connectivity index (χ4v) is 4.00. The summed E-state index contributed by atoms with van der Waals surface area (Å²) in [5.74, 6) is -1.46. The van der Waals surface area contributed by atoms with E-state index < -0.39 is 49.5 Å². The van der Waals surface area contributed by atoms with E-state index in [1.165, 1.54) is 6.92 Å². The van der Waals surface area contributed by atoms with Crippen LogP contribution in [0.4, 0.5) is 0 Å². The molecule has 176 valence electrons. The number of hydrogen-bond donors (Lipinski definition) is 2. The van der Waals surface area contributed by atoms with Gasteiger partial charge >= 0.3 is 5.97 Å². The van der Waals surface area contributed by atoms with Gasteiger partial charge in [0.1, 0.15) is 31.0 Å². The van der Waals surface area contributed by atoms with Crippen molar-refractivity contribution in [3.05, 3.63) is 71.8 Å². The predicted molar refractivity (Wildman–Crippen MR) is 115 cm³/mol. The Labute approximate surface area is 191 Å². The zero-order valence-electron chi connectivity index (χ0n) is 18.2. The summed E-state index contributed by atoms with van der Waals surface area (Å²) < 4.78 is 29.9. The number of carbonyl (C=O) groups excluding carboxylic acids is 1. The lowest BCUT2D eigenvalue weighted by atomic mass is 9.95. The van der Waals surface area contributed by atoms with E-state index in [-0.39, 0.29) is 19.1 Å². The number of hydrogen-bond acceptors (Lipinski definition) is 7. The molecular formula is C24H27NO8. The van der Waals surface area contributed by atoms with E-state index in [1.807, 2.05) is 60.7 Å². The van der Waals surface area contributed by atoms with Gasteiger partial charge < -0.3 is 34.1 Å². The van der Waals surface area contributed by atoms with Gasteiger partial charge in [-0.15, -0.1) is 0 Å². The molecule has 2 heterocycles. The average Bonchev–Trinajstić information content (AvgIpc) is 2.82. The first-order valence-electron chi connectivity index (χ1n) is 10.7. The molecule has 2 aromatic carbocycles. The molecular weight excluding hydrogens is 430 g/mol. The number of carbonyl (C=O) groups is 2. The Morgan fingerprint density at radius 1 is 1.03 bits per heavy atom. The number of rotatable bonds is 8. The van der Waals surface area contributed by atoms with Gasteiger partial charge in [0.25, 0.3) is 0 Å². The molecule has 2 saturated heterocycles. The molecule has 0 aromatic heterocycles. The van der Waals surface area contributed by atoms with Crippen LogP contribution in [0, 0.1) is 0 Å². The second-order valence-electron chi connectivity index (χ2n) is 7.91. The monoisotopic (exact) mass is 457 g/mol. The van der Waals surface area contributed by atoms with Gasteiger partial charge in [-0.2, -0.15) is 0 Å². The number of carboxylic acids is 1. The van der Waals surface area contributed by atoms with Crippen molar-refractivity contribution in [2.75, 3.05) is 13.2 Å². The van der Waals surface area contributed by atoms with Crippen molar-refractivity contribution in [1.29, 1.82) is 0 Å². The summed E-state index contributed by atoms with van der Waals surface area (Å²) in [6.07, 6.45) is -3.66. The van der Waals surface area contributed by atoms with Crippen LogP contribution < -0.4 is 5.32 Å². The number of benzene rings is 2. The van der Waals surface area contributed by atoms with Crippen LogP contribution in [0.25, 0.3) is 0 Å². The second-order valence-corrected chi connectivity index (χ2v) is 7.91. The molecule has 2 N–H and O–H groups in total. The van der Waals surface area contributed by atoms with Crippen molar-refractivity contribution >= 4 is 11.9 Å². The summed E-state index contributed by atoms with van der Waals surface area (Å²) in [6.45, 7) is 1.23. The molecule has 9 nitrogen and oxygen atoms in total. The molecule has 3 unspecified atom stereocenters. The van der Waals surface area contributed by atoms with Crippen LogP contribution in [-0.4, -0.2) is 60.8 Å². The minimum absolute atomic E-state index is 0.190. The third-order valence-corrected chi connectivity index (χ3v) is 5.44. The SMILES string of the molecule is CC(=O)N[C@H]1C(OCC(=O)O)[C@@H]2OC(c3ccccc3)OCC2O[C@@H]1OCc1ccccc1. The minimum atomic E-state index is -1.13. The quantitative estimate of drug-likeness (QED) is 0.619. The molecule has 0 saturated carbocycles. The van der Waals surface area contributed by atoms with Crippen LogP contribution >= 0.6 is 0 Å². The summed E-state index contributed by atoms with van der Waals surface area (Å²) in [7, 11) is 0. The minimum Gasteiger partial charge on any atom is -0.480 e. The Bertz CT molecular complexity index is 925. The smallest absolute Gasteiger partial charge is 0.329 e. The van der Waals surface area contributed by atoms with Gasteiger partial charge in [0.2, 0.25) is 5.91 Å². The molecule has 2 aliphatic rings. The van der Waals surface area contributed by atoms with Crippen LogP contribution in [-0.2, 0) is 39.9 Å². The maximum Gasteiger partial charge on any atom is 0.329 e. The van der Waals surface area contributed by atoms with Gasteiger partial charge in [0.05, 0.1) is 13.2 Å². The molecule has 0 spiro atoms. The summed E-state index contributed by atoms with van der Waals surface area (Å²) >= 11 is 0. The highest BCUT2D eigenvalue weighted by atomic mass is 16.8. The predicted octanol–water partition coefficient (Wildman–Crippen LogP) is 2.02. The zero-order valence-corrected chi connectivity index (χ0v) is 18.2. The van der Waals surface area contributed by atoms with Gasteiger partial charge in [-0.25, -0.2) is 4.79 Å². The first-order valence-corrected chi connectivity index (χ1v) is 10.7. The summed E-state index contributed by atoms with van der Waals surface area (Å²) in [6, 6.07) is 18.1. The first kappa shape index (κ1) is 23.3. The van der Waals surface area contributed by atoms with Crippen molar-refractivity contribution in [2.45, 2.75) is 50.5 Å². The van der Waals surface area contributed by atoms with Gasteiger partial charge in [0, 0.05) is 12.5 Å². The Kier molecular flexibility index (Phi) is 7.69. The van der Waals surface area contributed by atoms with Crippen molar-refractivity contribution in [3.8, 4) is 0 Å². The molecule has 0 aliphatic carbocycles. The van der Waals surface area contributed by atoms with Crippen LogP contribution in [0.15, 0.2) is 60.7 Å². The van der Waals surface area contributed by atoms with Crippen molar-refractivity contribution in [3.63, 3.8) is 0 Å². The molecule has 2 fully saturated rings. The highest BCUT2D eigenvalue weighted by Gasteiger charge is 2.51. The lowest BCUT2D eigenvalue weighted by molar-refractivity contribution is -0.349. The highest BCUT2D eigenvalue weighted by molar-refractivity contribution is 5.73. The van der Waals surface area contributed by atoms with E-state index >= 15 is 0 Å². The Morgan fingerprint density at radius 2 is 1.73 bits per heavy atom. The van der Waals surface area contributed by atoms with Gasteiger partial charge in [-0.3, -0.25) is 4.79 Å². The molecule has 2 aliphatic heterocycles. The molecule has 9 heteroatoms. The van der Waals surface area contributed by atoms with Crippen molar-refractivity contribution in [2.24, 2.45) is 0 Å². The third-order valence-electron chi connectivity index (χ3n) is 5.44. The number of amides is 1. The molecule has 2 aromatic rings. The van der Waals surface area contributed by atoms with Gasteiger partial charge in [0.15, 0.2) is 12.6 Å². The van der Waals surface area contributed by atoms with Crippen molar-refractivity contribution in [1.82, 2.24) is 5.32 Å². The number of nitrogens with one attached hydrogen (secondary N) is 1. The number of ether oxygens (including phenoxy) is 5.